The molecule has 0 aliphatic rings. The van der Waals surface area contributed by atoms with E-state index < -0.39 is 23.4 Å². The zero-order valence-electron chi connectivity index (χ0n) is 12.1. The average Bonchev–Trinajstić information content (AvgIpc) is 2.84. The zero-order chi connectivity index (χ0) is 16.7. The van der Waals surface area contributed by atoms with Crippen LogP contribution in [0.15, 0.2) is 18.6 Å². The smallest absolute Gasteiger partial charge is 0.388 e. The van der Waals surface area contributed by atoms with E-state index in [-0.39, 0.29) is 16.5 Å². The monoisotopic (exact) mass is 334 g/mol. The molecule has 0 aliphatic carbocycles. The molecule has 1 atom stereocenters. The Morgan fingerprint density at radius 1 is 1.27 bits per heavy atom. The average molecular weight is 335 g/mol. The Kier molecular flexibility index (Phi) is 4.18. The lowest BCUT2D eigenvalue weighted by molar-refractivity contribution is -0.137. The minimum atomic E-state index is -4.61. The van der Waals surface area contributed by atoms with Crippen molar-refractivity contribution in [2.75, 3.05) is 0 Å². The Bertz CT molecular complexity index is 679. The molecule has 2 aromatic heterocycles. The van der Waals surface area contributed by atoms with Gasteiger partial charge in [0.2, 0.25) is 5.28 Å². The lowest BCUT2D eigenvalue weighted by atomic mass is 10.0. The molecule has 0 radical (unpaired) electrons. The van der Waals surface area contributed by atoms with E-state index in [0.717, 1.165) is 0 Å². The minimum Gasteiger partial charge on any atom is -0.388 e. The molecule has 2 rings (SSSR count). The van der Waals surface area contributed by atoms with E-state index in [1.807, 2.05) is 0 Å². The molecular weight excluding hydrogens is 321 g/mol. The number of rotatable bonds is 3. The first-order valence-corrected chi connectivity index (χ1v) is 6.74. The van der Waals surface area contributed by atoms with Crippen LogP contribution in [0.5, 0.6) is 0 Å². The molecule has 0 saturated heterocycles. The van der Waals surface area contributed by atoms with Crippen LogP contribution in [0.3, 0.4) is 0 Å². The third kappa shape index (κ3) is 3.38. The summed E-state index contributed by atoms with van der Waals surface area (Å²) in [5.41, 5.74) is -2.28. The summed E-state index contributed by atoms with van der Waals surface area (Å²) >= 11 is 5.60. The van der Waals surface area contributed by atoms with Gasteiger partial charge in [-0.15, -0.1) is 0 Å². The highest BCUT2D eigenvalue weighted by Crippen LogP contribution is 2.36. The van der Waals surface area contributed by atoms with Crippen LogP contribution in [0.4, 0.5) is 13.2 Å². The highest BCUT2D eigenvalue weighted by Gasteiger charge is 2.36. The van der Waals surface area contributed by atoms with E-state index in [2.05, 4.69) is 15.1 Å². The molecule has 0 aromatic carbocycles. The van der Waals surface area contributed by atoms with Crippen molar-refractivity contribution in [1.29, 1.82) is 0 Å². The number of alkyl halides is 3. The maximum absolute atomic E-state index is 13.0. The highest BCUT2D eigenvalue weighted by atomic mass is 35.5. The van der Waals surface area contributed by atoms with Gasteiger partial charge in [0.05, 0.1) is 23.5 Å². The molecular formula is C13H14ClF3N4O. The molecule has 1 N–H and O–H groups in total. The Morgan fingerprint density at radius 3 is 2.45 bits per heavy atom. The Labute approximate surface area is 129 Å². The number of aliphatic hydroxyl groups is 1. The third-order valence-corrected chi connectivity index (χ3v) is 3.54. The van der Waals surface area contributed by atoms with Crippen LogP contribution in [-0.2, 0) is 6.18 Å². The van der Waals surface area contributed by atoms with Crippen molar-refractivity contribution in [3.8, 4) is 11.3 Å². The summed E-state index contributed by atoms with van der Waals surface area (Å²) in [5.74, 6) is 0. The molecule has 2 aromatic rings. The van der Waals surface area contributed by atoms with Gasteiger partial charge in [0.25, 0.3) is 0 Å². The summed E-state index contributed by atoms with van der Waals surface area (Å²) in [5, 5.41) is 13.7. The van der Waals surface area contributed by atoms with Crippen molar-refractivity contribution in [3.05, 3.63) is 29.4 Å². The number of nitrogens with zero attached hydrogens (tertiary/aromatic N) is 4. The van der Waals surface area contributed by atoms with Gasteiger partial charge >= 0.3 is 6.18 Å². The maximum Gasteiger partial charge on any atom is 0.419 e. The predicted molar refractivity (Wildman–Crippen MR) is 74.3 cm³/mol. The summed E-state index contributed by atoms with van der Waals surface area (Å²) in [6, 6.07) is -0.437. The second-order valence-electron chi connectivity index (χ2n) is 5.44. The van der Waals surface area contributed by atoms with Crippen molar-refractivity contribution in [1.82, 2.24) is 19.7 Å². The molecule has 120 valence electrons. The van der Waals surface area contributed by atoms with E-state index in [0.29, 0.717) is 6.20 Å². The Balaban J connectivity index is 2.50. The molecule has 0 saturated carbocycles. The fourth-order valence-electron chi connectivity index (χ4n) is 1.78. The quantitative estimate of drug-likeness (QED) is 0.874. The molecule has 0 aliphatic heterocycles. The van der Waals surface area contributed by atoms with E-state index in [4.69, 9.17) is 11.6 Å². The molecule has 0 spiro atoms. The zero-order valence-corrected chi connectivity index (χ0v) is 12.8. The molecule has 0 fully saturated rings. The van der Waals surface area contributed by atoms with Gasteiger partial charge in [-0.05, 0) is 32.4 Å². The first-order chi connectivity index (χ1) is 10.00. The van der Waals surface area contributed by atoms with Gasteiger partial charge in [0.15, 0.2) is 0 Å². The molecule has 5 nitrogen and oxygen atoms in total. The van der Waals surface area contributed by atoms with Crippen molar-refractivity contribution in [2.24, 2.45) is 0 Å². The molecule has 22 heavy (non-hydrogen) atoms. The topological polar surface area (TPSA) is 63.8 Å². The fourth-order valence-corrected chi connectivity index (χ4v) is 1.92. The maximum atomic E-state index is 13.0. The van der Waals surface area contributed by atoms with Gasteiger partial charge in [-0.1, -0.05) is 0 Å². The Morgan fingerprint density at radius 2 is 1.91 bits per heavy atom. The molecule has 9 heteroatoms. The van der Waals surface area contributed by atoms with E-state index in [1.54, 1.807) is 20.8 Å². The largest absolute Gasteiger partial charge is 0.419 e. The summed E-state index contributed by atoms with van der Waals surface area (Å²) in [4.78, 5) is 7.04. The molecule has 0 bridgehead atoms. The van der Waals surface area contributed by atoms with Crippen LogP contribution < -0.4 is 0 Å². The van der Waals surface area contributed by atoms with Gasteiger partial charge in [-0.25, -0.2) is 9.97 Å². The molecule has 2 heterocycles. The van der Waals surface area contributed by atoms with Crippen molar-refractivity contribution in [2.45, 2.75) is 38.6 Å². The number of aromatic nitrogens is 4. The summed E-state index contributed by atoms with van der Waals surface area (Å²) in [6.45, 7) is 4.87. The normalized spacial score (nSPS) is 14.2. The number of hydrogen-bond acceptors (Lipinski definition) is 4. The molecule has 1 unspecified atom stereocenters. The number of hydrogen-bond donors (Lipinski definition) is 1. The van der Waals surface area contributed by atoms with E-state index in [9.17, 15) is 18.3 Å². The van der Waals surface area contributed by atoms with Gasteiger partial charge in [0.1, 0.15) is 5.56 Å². The van der Waals surface area contributed by atoms with E-state index >= 15 is 0 Å². The van der Waals surface area contributed by atoms with Crippen LogP contribution in [0, 0.1) is 0 Å². The summed E-state index contributed by atoms with van der Waals surface area (Å²) in [6.07, 6.45) is -1.34. The number of halogens is 4. The van der Waals surface area contributed by atoms with Crippen LogP contribution in [-0.4, -0.2) is 30.5 Å². The second kappa shape index (κ2) is 5.51. The van der Waals surface area contributed by atoms with Crippen molar-refractivity contribution in [3.63, 3.8) is 0 Å². The fraction of sp³-hybridized carbons (Fsp3) is 0.462. The first-order valence-electron chi connectivity index (χ1n) is 6.37. The predicted octanol–water partition coefficient (Wildman–Crippen LogP) is 3.34. The lowest BCUT2D eigenvalue weighted by Crippen LogP contribution is -2.31. The van der Waals surface area contributed by atoms with Crippen LogP contribution in [0.25, 0.3) is 11.3 Å². The second-order valence-corrected chi connectivity index (χ2v) is 5.78. The lowest BCUT2D eigenvalue weighted by Gasteiger charge is -2.25. The van der Waals surface area contributed by atoms with Crippen molar-refractivity contribution >= 4 is 11.6 Å². The van der Waals surface area contributed by atoms with Crippen molar-refractivity contribution < 1.29 is 18.3 Å². The molecule has 0 amide bonds. The summed E-state index contributed by atoms with van der Waals surface area (Å²) < 4.78 is 40.5. The Hall–Kier alpha value is -1.67. The van der Waals surface area contributed by atoms with Gasteiger partial charge in [-0.2, -0.15) is 18.3 Å². The van der Waals surface area contributed by atoms with Gasteiger partial charge < -0.3 is 5.11 Å². The van der Waals surface area contributed by atoms with Crippen LogP contribution >= 0.6 is 11.6 Å². The van der Waals surface area contributed by atoms with E-state index in [1.165, 1.54) is 17.1 Å². The first kappa shape index (κ1) is 16.7. The summed E-state index contributed by atoms with van der Waals surface area (Å²) in [7, 11) is 0. The third-order valence-electron chi connectivity index (χ3n) is 3.36. The van der Waals surface area contributed by atoms with Crippen LogP contribution in [0.1, 0.15) is 32.4 Å². The SMILES string of the molecule is CC(n1cc(-c2nc(Cl)ncc2C(F)(F)F)cn1)C(C)(C)O. The minimum absolute atomic E-state index is 0.146. The van der Waals surface area contributed by atoms with Crippen LogP contribution in [0.2, 0.25) is 5.28 Å². The van der Waals surface area contributed by atoms with Gasteiger partial charge in [0, 0.05) is 18.0 Å². The highest BCUT2D eigenvalue weighted by molar-refractivity contribution is 6.28. The van der Waals surface area contributed by atoms with Gasteiger partial charge in [-0.3, -0.25) is 4.68 Å². The standard InChI is InChI=1S/C13H14ClF3N4O/c1-7(12(2,3)22)21-6-8(4-19-21)10-9(13(15,16)17)5-18-11(14)20-10/h4-7,22H,1-3H3.